The Morgan fingerprint density at radius 1 is 1.06 bits per heavy atom. The van der Waals surface area contributed by atoms with Gasteiger partial charge in [0.25, 0.3) is 11.8 Å². The second-order valence-corrected chi connectivity index (χ2v) is 7.76. The largest absolute Gasteiger partial charge is 0.391 e. The molecular formula is C23H28N4O6. The number of hydrogen-bond acceptors (Lipinski definition) is 7. The van der Waals surface area contributed by atoms with Crippen LogP contribution in [0.5, 0.6) is 0 Å². The van der Waals surface area contributed by atoms with Crippen molar-refractivity contribution in [1.29, 1.82) is 0 Å². The third kappa shape index (κ3) is 6.83. The zero-order valence-corrected chi connectivity index (χ0v) is 18.3. The summed E-state index contributed by atoms with van der Waals surface area (Å²) in [5.74, 6) is -1.58. The SMILES string of the molecule is C[C@@H](O)[C@H](NC(=O)c1ccc(-c2cccc(NC(=O)CN3CCOCC3)c2)cc1)C(=O)NO. The van der Waals surface area contributed by atoms with E-state index in [1.165, 1.54) is 12.4 Å². The minimum atomic E-state index is -1.29. The van der Waals surface area contributed by atoms with E-state index in [4.69, 9.17) is 9.94 Å². The zero-order valence-electron chi connectivity index (χ0n) is 18.3. The van der Waals surface area contributed by atoms with Gasteiger partial charge in [-0.25, -0.2) is 5.48 Å². The van der Waals surface area contributed by atoms with Crippen LogP contribution in [0.25, 0.3) is 11.1 Å². The molecule has 0 radical (unpaired) electrons. The molecule has 10 heteroatoms. The molecule has 0 aromatic heterocycles. The number of ether oxygens (including phenoxy) is 1. The topological polar surface area (TPSA) is 140 Å². The molecule has 1 saturated heterocycles. The lowest BCUT2D eigenvalue weighted by atomic mass is 10.0. The molecule has 1 aliphatic heterocycles. The van der Waals surface area contributed by atoms with Gasteiger partial charge in [-0.1, -0.05) is 24.3 Å². The van der Waals surface area contributed by atoms with Crippen LogP contribution in [0.1, 0.15) is 17.3 Å². The molecule has 0 unspecified atom stereocenters. The van der Waals surface area contributed by atoms with Crippen molar-refractivity contribution in [3.05, 3.63) is 54.1 Å². The minimum Gasteiger partial charge on any atom is -0.391 e. The minimum absolute atomic E-state index is 0.0966. The summed E-state index contributed by atoms with van der Waals surface area (Å²) in [6.45, 7) is 4.36. The summed E-state index contributed by atoms with van der Waals surface area (Å²) in [4.78, 5) is 38.4. The molecule has 2 aromatic carbocycles. The van der Waals surface area contributed by atoms with Gasteiger partial charge in [0.05, 0.1) is 25.9 Å². The summed E-state index contributed by atoms with van der Waals surface area (Å²) in [5.41, 5.74) is 4.06. The molecule has 0 aliphatic carbocycles. The van der Waals surface area contributed by atoms with Crippen molar-refractivity contribution in [3.63, 3.8) is 0 Å². The number of hydroxylamine groups is 1. The molecule has 1 heterocycles. The highest BCUT2D eigenvalue weighted by atomic mass is 16.5. The van der Waals surface area contributed by atoms with Crippen LogP contribution in [0.2, 0.25) is 0 Å². The first kappa shape index (κ1) is 24.3. The van der Waals surface area contributed by atoms with Gasteiger partial charge in [0.1, 0.15) is 6.04 Å². The number of nitrogens with zero attached hydrogens (tertiary/aromatic N) is 1. The summed E-state index contributed by atoms with van der Waals surface area (Å²) in [5, 5.41) is 23.7. The van der Waals surface area contributed by atoms with Gasteiger partial charge in [-0.2, -0.15) is 0 Å². The monoisotopic (exact) mass is 456 g/mol. The Kier molecular flexibility index (Phi) is 8.50. The van der Waals surface area contributed by atoms with Crippen LogP contribution < -0.4 is 16.1 Å². The fourth-order valence-electron chi connectivity index (χ4n) is 3.45. The predicted octanol–water partition coefficient (Wildman–Crippen LogP) is 0.609. The number of anilines is 1. The Morgan fingerprint density at radius 2 is 1.76 bits per heavy atom. The first-order valence-corrected chi connectivity index (χ1v) is 10.6. The van der Waals surface area contributed by atoms with Crippen LogP contribution in [0, 0.1) is 0 Å². The lowest BCUT2D eigenvalue weighted by Gasteiger charge is -2.25. The third-order valence-electron chi connectivity index (χ3n) is 5.26. The summed E-state index contributed by atoms with van der Waals surface area (Å²) < 4.78 is 5.29. The summed E-state index contributed by atoms with van der Waals surface area (Å²) in [7, 11) is 0. The lowest BCUT2D eigenvalue weighted by molar-refractivity contribution is -0.133. The normalized spacial score (nSPS) is 15.8. The standard InChI is InChI=1S/C23H28N4O6/c1-15(28)21(23(31)26-32)25-22(30)17-7-5-16(6-8-17)18-3-2-4-19(13-18)24-20(29)14-27-9-11-33-12-10-27/h2-8,13,15,21,28,32H,9-12,14H2,1H3,(H,24,29)(H,25,30)(H,26,31)/t15-,21+/m1/s1. The van der Waals surface area contributed by atoms with Crippen molar-refractivity contribution >= 4 is 23.4 Å². The molecule has 2 atom stereocenters. The quantitative estimate of drug-likeness (QED) is 0.290. The van der Waals surface area contributed by atoms with Gasteiger partial charge in [0.2, 0.25) is 5.91 Å². The third-order valence-corrected chi connectivity index (χ3v) is 5.26. The second kappa shape index (κ2) is 11.5. The Labute approximate surface area is 191 Å². The van der Waals surface area contributed by atoms with Crippen molar-refractivity contribution in [2.75, 3.05) is 38.2 Å². The van der Waals surface area contributed by atoms with Gasteiger partial charge in [0, 0.05) is 24.3 Å². The van der Waals surface area contributed by atoms with Crippen LogP contribution in [-0.4, -0.2) is 77.9 Å². The fourth-order valence-corrected chi connectivity index (χ4v) is 3.45. The first-order valence-electron chi connectivity index (χ1n) is 10.6. The number of aliphatic hydroxyl groups is 1. The van der Waals surface area contributed by atoms with Gasteiger partial charge >= 0.3 is 0 Å². The number of carbonyl (C=O) groups is 3. The summed E-state index contributed by atoms with van der Waals surface area (Å²) in [6, 6.07) is 12.8. The molecule has 1 aliphatic rings. The highest BCUT2D eigenvalue weighted by Gasteiger charge is 2.25. The molecule has 0 spiro atoms. The van der Waals surface area contributed by atoms with Crippen molar-refractivity contribution in [2.24, 2.45) is 0 Å². The smallest absolute Gasteiger partial charge is 0.268 e. The molecule has 3 rings (SSSR count). The van der Waals surface area contributed by atoms with Gasteiger partial charge in [-0.3, -0.25) is 24.5 Å². The highest BCUT2D eigenvalue weighted by Crippen LogP contribution is 2.23. The van der Waals surface area contributed by atoms with E-state index in [1.54, 1.807) is 24.3 Å². The average Bonchev–Trinajstić information content (AvgIpc) is 2.82. The average molecular weight is 456 g/mol. The maximum absolute atomic E-state index is 12.4. The van der Waals surface area contributed by atoms with Crippen LogP contribution >= 0.6 is 0 Å². The summed E-state index contributed by atoms with van der Waals surface area (Å²) in [6.07, 6.45) is -1.19. The maximum atomic E-state index is 12.4. The Hall–Kier alpha value is -3.31. The van der Waals surface area contributed by atoms with Crippen molar-refractivity contribution in [2.45, 2.75) is 19.1 Å². The van der Waals surface area contributed by atoms with Gasteiger partial charge in [0.15, 0.2) is 0 Å². The number of rotatable bonds is 8. The van der Waals surface area contributed by atoms with E-state index in [1.807, 2.05) is 29.2 Å². The van der Waals surface area contributed by atoms with Crippen LogP contribution in [0.3, 0.4) is 0 Å². The van der Waals surface area contributed by atoms with Gasteiger partial charge in [-0.15, -0.1) is 0 Å². The Balaban J connectivity index is 1.63. The van der Waals surface area contributed by atoms with E-state index in [-0.39, 0.29) is 11.5 Å². The molecule has 3 amide bonds. The molecule has 0 saturated carbocycles. The number of nitrogens with one attached hydrogen (secondary N) is 3. The molecule has 10 nitrogen and oxygen atoms in total. The van der Waals surface area contributed by atoms with Gasteiger partial charge in [-0.05, 0) is 42.3 Å². The Morgan fingerprint density at radius 3 is 2.39 bits per heavy atom. The number of amides is 3. The zero-order chi connectivity index (χ0) is 23.8. The number of morpholine rings is 1. The predicted molar refractivity (Wildman–Crippen MR) is 121 cm³/mol. The molecule has 33 heavy (non-hydrogen) atoms. The molecule has 0 bridgehead atoms. The van der Waals surface area contributed by atoms with E-state index in [0.29, 0.717) is 25.4 Å². The summed E-state index contributed by atoms with van der Waals surface area (Å²) >= 11 is 0. The van der Waals surface area contributed by atoms with E-state index < -0.39 is 24.0 Å². The van der Waals surface area contributed by atoms with Crippen molar-refractivity contribution in [1.82, 2.24) is 15.7 Å². The van der Waals surface area contributed by atoms with E-state index in [0.717, 1.165) is 24.2 Å². The number of carbonyl (C=O) groups excluding carboxylic acids is 3. The highest BCUT2D eigenvalue weighted by molar-refractivity contribution is 5.98. The number of aliphatic hydroxyl groups excluding tert-OH is 1. The molecule has 2 aromatic rings. The Bertz CT molecular complexity index is 973. The van der Waals surface area contributed by atoms with E-state index in [2.05, 4.69) is 10.6 Å². The molecule has 176 valence electrons. The van der Waals surface area contributed by atoms with Crippen LogP contribution in [-0.2, 0) is 14.3 Å². The van der Waals surface area contributed by atoms with E-state index >= 15 is 0 Å². The molecule has 1 fully saturated rings. The fraction of sp³-hybridized carbons (Fsp3) is 0.348. The lowest BCUT2D eigenvalue weighted by Crippen LogP contribution is -2.51. The molecular weight excluding hydrogens is 428 g/mol. The number of benzene rings is 2. The number of hydrogen-bond donors (Lipinski definition) is 5. The van der Waals surface area contributed by atoms with Gasteiger partial charge < -0.3 is 20.5 Å². The first-order chi connectivity index (χ1) is 15.9. The maximum Gasteiger partial charge on any atom is 0.268 e. The van der Waals surface area contributed by atoms with Crippen LogP contribution in [0.4, 0.5) is 5.69 Å². The van der Waals surface area contributed by atoms with Crippen molar-refractivity contribution < 1.29 is 29.4 Å². The van der Waals surface area contributed by atoms with E-state index in [9.17, 15) is 19.5 Å². The van der Waals surface area contributed by atoms with Crippen LogP contribution in [0.15, 0.2) is 48.5 Å². The van der Waals surface area contributed by atoms with Crippen molar-refractivity contribution in [3.8, 4) is 11.1 Å². The molecule has 5 N–H and O–H groups in total. The second-order valence-electron chi connectivity index (χ2n) is 7.76.